The van der Waals surface area contributed by atoms with E-state index < -0.39 is 0 Å². The van der Waals surface area contributed by atoms with Crippen molar-refractivity contribution in [3.05, 3.63) is 41.5 Å². The zero-order valence-electron chi connectivity index (χ0n) is 11.4. The summed E-state index contributed by atoms with van der Waals surface area (Å²) in [6.45, 7) is 3.99. The molecule has 1 aromatic heterocycles. The summed E-state index contributed by atoms with van der Waals surface area (Å²) in [6.07, 6.45) is 2.53. The Morgan fingerprint density at radius 3 is 3.05 bits per heavy atom. The van der Waals surface area contributed by atoms with E-state index >= 15 is 0 Å². The molecule has 20 heavy (non-hydrogen) atoms. The highest BCUT2D eigenvalue weighted by Gasteiger charge is 2.28. The maximum absolute atomic E-state index is 12.4. The molecule has 2 N–H and O–H groups in total. The van der Waals surface area contributed by atoms with Crippen molar-refractivity contribution >= 4 is 11.6 Å². The van der Waals surface area contributed by atoms with Crippen LogP contribution < -0.4 is 5.73 Å². The summed E-state index contributed by atoms with van der Waals surface area (Å²) in [5.41, 5.74) is 8.08. The first-order valence-electron chi connectivity index (χ1n) is 6.73. The summed E-state index contributed by atoms with van der Waals surface area (Å²) >= 11 is 0. The molecule has 1 aliphatic rings. The van der Waals surface area contributed by atoms with Gasteiger partial charge in [0.05, 0.1) is 6.54 Å². The number of aryl methyl sites for hydroxylation is 1. The monoisotopic (exact) mass is 271 g/mol. The van der Waals surface area contributed by atoms with Crippen LogP contribution in [0.25, 0.3) is 0 Å². The van der Waals surface area contributed by atoms with Crippen LogP contribution in [0.4, 0.5) is 5.69 Å². The van der Waals surface area contributed by atoms with E-state index in [0.29, 0.717) is 24.3 Å². The van der Waals surface area contributed by atoms with Crippen LogP contribution in [0.1, 0.15) is 35.1 Å². The molecule has 1 amide bonds. The van der Waals surface area contributed by atoms with Gasteiger partial charge >= 0.3 is 0 Å². The van der Waals surface area contributed by atoms with Gasteiger partial charge in [0.2, 0.25) is 0 Å². The third kappa shape index (κ3) is 2.13. The molecule has 0 saturated heterocycles. The molecule has 0 aliphatic carbocycles. The molecule has 0 fully saturated rings. The number of rotatable bonds is 4. The topological polar surface area (TPSA) is 77.0 Å². The van der Waals surface area contributed by atoms with Crippen molar-refractivity contribution in [3.8, 4) is 0 Å². The molecule has 0 unspecified atom stereocenters. The molecule has 0 saturated carbocycles. The molecule has 0 spiro atoms. The minimum absolute atomic E-state index is 0.0124. The number of amides is 1. The first-order valence-corrected chi connectivity index (χ1v) is 6.73. The van der Waals surface area contributed by atoms with Crippen molar-refractivity contribution in [2.24, 2.45) is 0 Å². The maximum atomic E-state index is 12.4. The van der Waals surface area contributed by atoms with Gasteiger partial charge in [-0.15, -0.1) is 0 Å². The quantitative estimate of drug-likeness (QED) is 0.853. The fourth-order valence-electron chi connectivity index (χ4n) is 2.49. The first-order chi connectivity index (χ1) is 9.69. The summed E-state index contributed by atoms with van der Waals surface area (Å²) in [7, 11) is 0. The number of aromatic nitrogens is 3. The molecule has 1 aliphatic heterocycles. The second kappa shape index (κ2) is 4.96. The van der Waals surface area contributed by atoms with Gasteiger partial charge in [0.1, 0.15) is 12.2 Å². The highest BCUT2D eigenvalue weighted by molar-refractivity contribution is 5.99. The predicted octanol–water partition coefficient (Wildman–Crippen LogP) is 1.43. The van der Waals surface area contributed by atoms with E-state index in [0.717, 1.165) is 24.4 Å². The Balaban J connectivity index is 1.80. The summed E-state index contributed by atoms with van der Waals surface area (Å²) in [5, 5.41) is 4.18. The van der Waals surface area contributed by atoms with Crippen LogP contribution in [-0.2, 0) is 19.6 Å². The molecular formula is C14H17N5O. The lowest BCUT2D eigenvalue weighted by molar-refractivity contribution is 0.0760. The van der Waals surface area contributed by atoms with E-state index in [1.807, 2.05) is 16.8 Å². The largest absolute Gasteiger partial charge is 0.399 e. The molecule has 2 heterocycles. The molecule has 6 heteroatoms. The number of nitrogen functional groups attached to an aromatic ring is 1. The summed E-state index contributed by atoms with van der Waals surface area (Å²) in [5.74, 6) is 0.833. The molecule has 104 valence electrons. The molecule has 1 aromatic carbocycles. The van der Waals surface area contributed by atoms with Gasteiger partial charge in [0.25, 0.3) is 5.91 Å². The van der Waals surface area contributed by atoms with Crippen LogP contribution in [0.3, 0.4) is 0 Å². The van der Waals surface area contributed by atoms with Gasteiger partial charge in [-0.1, -0.05) is 13.0 Å². The summed E-state index contributed by atoms with van der Waals surface area (Å²) < 4.78 is 1.85. The Kier molecular flexibility index (Phi) is 3.14. The highest BCUT2D eigenvalue weighted by Crippen LogP contribution is 2.25. The Morgan fingerprint density at radius 2 is 2.25 bits per heavy atom. The number of carbonyl (C=O) groups excluding carboxylic acids is 1. The number of nitrogens with two attached hydrogens (primary N) is 1. The average molecular weight is 271 g/mol. The number of nitrogens with zero attached hydrogens (tertiary/aromatic N) is 4. The number of benzene rings is 1. The molecule has 3 rings (SSSR count). The number of carbonyl (C=O) groups is 1. The zero-order valence-corrected chi connectivity index (χ0v) is 11.4. The van der Waals surface area contributed by atoms with E-state index in [1.54, 1.807) is 11.0 Å². The Hall–Kier alpha value is -2.37. The Morgan fingerprint density at radius 1 is 1.40 bits per heavy atom. The third-order valence-electron chi connectivity index (χ3n) is 3.48. The lowest BCUT2D eigenvalue weighted by Crippen LogP contribution is -2.25. The summed E-state index contributed by atoms with van der Waals surface area (Å²) in [4.78, 5) is 18.4. The SMILES string of the molecule is CCCn1ncnc1CN1Cc2ccc(N)cc2C1=O. The van der Waals surface area contributed by atoms with Crippen molar-refractivity contribution in [3.63, 3.8) is 0 Å². The molecule has 0 bridgehead atoms. The smallest absolute Gasteiger partial charge is 0.254 e. The van der Waals surface area contributed by atoms with Crippen LogP contribution >= 0.6 is 0 Å². The van der Waals surface area contributed by atoms with Gasteiger partial charge in [-0.3, -0.25) is 4.79 Å². The lowest BCUT2D eigenvalue weighted by atomic mass is 10.1. The first kappa shape index (κ1) is 12.7. The van der Waals surface area contributed by atoms with Crippen LogP contribution in [0.2, 0.25) is 0 Å². The third-order valence-corrected chi connectivity index (χ3v) is 3.48. The van der Waals surface area contributed by atoms with Crippen molar-refractivity contribution in [1.29, 1.82) is 0 Å². The van der Waals surface area contributed by atoms with Crippen LogP contribution in [0, 0.1) is 0 Å². The number of anilines is 1. The van der Waals surface area contributed by atoms with Gasteiger partial charge in [-0.05, 0) is 24.1 Å². The molecule has 0 radical (unpaired) electrons. The van der Waals surface area contributed by atoms with Crippen LogP contribution in [0.5, 0.6) is 0 Å². The summed E-state index contributed by atoms with van der Waals surface area (Å²) in [6, 6.07) is 5.49. The van der Waals surface area contributed by atoms with E-state index in [1.165, 1.54) is 6.33 Å². The minimum atomic E-state index is 0.0124. The van der Waals surface area contributed by atoms with Crippen LogP contribution in [0.15, 0.2) is 24.5 Å². The number of hydrogen-bond donors (Lipinski definition) is 1. The molecule has 2 aromatic rings. The highest BCUT2D eigenvalue weighted by atomic mass is 16.2. The zero-order chi connectivity index (χ0) is 14.1. The van der Waals surface area contributed by atoms with Crippen molar-refractivity contribution in [2.75, 3.05) is 5.73 Å². The van der Waals surface area contributed by atoms with Gasteiger partial charge in [0.15, 0.2) is 0 Å². The van der Waals surface area contributed by atoms with Gasteiger partial charge in [0, 0.05) is 24.3 Å². The molecular weight excluding hydrogens is 254 g/mol. The fourth-order valence-corrected chi connectivity index (χ4v) is 2.49. The second-order valence-electron chi connectivity index (χ2n) is 4.98. The van der Waals surface area contributed by atoms with Gasteiger partial charge < -0.3 is 10.6 Å². The molecule has 0 atom stereocenters. The van der Waals surface area contributed by atoms with Gasteiger partial charge in [-0.25, -0.2) is 9.67 Å². The number of hydrogen-bond acceptors (Lipinski definition) is 4. The molecule has 6 nitrogen and oxygen atoms in total. The van der Waals surface area contributed by atoms with E-state index in [9.17, 15) is 4.79 Å². The van der Waals surface area contributed by atoms with Crippen molar-refractivity contribution in [2.45, 2.75) is 33.0 Å². The van der Waals surface area contributed by atoms with E-state index in [-0.39, 0.29) is 5.91 Å². The van der Waals surface area contributed by atoms with E-state index in [4.69, 9.17) is 5.73 Å². The van der Waals surface area contributed by atoms with E-state index in [2.05, 4.69) is 17.0 Å². The van der Waals surface area contributed by atoms with Gasteiger partial charge in [-0.2, -0.15) is 5.10 Å². The number of fused-ring (bicyclic) bond motifs is 1. The minimum Gasteiger partial charge on any atom is -0.399 e. The average Bonchev–Trinajstić information content (AvgIpc) is 2.98. The Labute approximate surface area is 117 Å². The van der Waals surface area contributed by atoms with Crippen molar-refractivity contribution in [1.82, 2.24) is 19.7 Å². The fraction of sp³-hybridized carbons (Fsp3) is 0.357. The lowest BCUT2D eigenvalue weighted by Gasteiger charge is -2.15. The second-order valence-corrected chi connectivity index (χ2v) is 4.98. The standard InChI is InChI=1S/C14H17N5O/c1-2-5-19-13(16-9-17-19)8-18-7-10-3-4-11(15)6-12(10)14(18)20/h3-4,6,9H,2,5,7-8,15H2,1H3. The predicted molar refractivity (Wildman–Crippen MR) is 74.7 cm³/mol. The van der Waals surface area contributed by atoms with Crippen molar-refractivity contribution < 1.29 is 4.79 Å². The normalized spacial score (nSPS) is 13.8. The maximum Gasteiger partial charge on any atom is 0.254 e. The Bertz CT molecular complexity index is 649. The van der Waals surface area contributed by atoms with Crippen LogP contribution in [-0.4, -0.2) is 25.6 Å².